The molecule has 0 aliphatic rings. The fraction of sp³-hybridized carbons (Fsp3) is 0.947. The summed E-state index contributed by atoms with van der Waals surface area (Å²) < 4.78 is 68.5. The Morgan fingerprint density at radius 1 is 0.266 bits per heavy atom. The van der Waals surface area contributed by atoms with Gasteiger partial charge in [-0.15, -0.1) is 0 Å². The molecular formula is C75H146O17P2. The molecule has 0 saturated carbocycles. The molecule has 0 rings (SSSR count). The molecule has 0 aromatic carbocycles. The lowest BCUT2D eigenvalue weighted by Crippen LogP contribution is -2.30. The smallest absolute Gasteiger partial charge is 0.462 e. The van der Waals surface area contributed by atoms with Crippen LogP contribution in [-0.2, 0) is 65.4 Å². The summed E-state index contributed by atoms with van der Waals surface area (Å²) in [5.74, 6) is 0.919. The van der Waals surface area contributed by atoms with E-state index in [0.29, 0.717) is 25.7 Å². The monoisotopic (exact) mass is 1380 g/mol. The van der Waals surface area contributed by atoms with Crippen LogP contribution in [0.25, 0.3) is 0 Å². The first kappa shape index (κ1) is 92.1. The Labute approximate surface area is 575 Å². The van der Waals surface area contributed by atoms with Crippen molar-refractivity contribution in [2.75, 3.05) is 39.6 Å². The third kappa shape index (κ3) is 68.6. The number of carbonyl (C=O) groups excluding carboxylic acids is 4. The number of phosphoric ester groups is 2. The van der Waals surface area contributed by atoms with Gasteiger partial charge in [-0.2, -0.15) is 0 Å². The van der Waals surface area contributed by atoms with Crippen molar-refractivity contribution in [2.45, 2.75) is 395 Å². The van der Waals surface area contributed by atoms with Gasteiger partial charge in [0.15, 0.2) is 12.2 Å². The maximum absolute atomic E-state index is 13.1. The average Bonchev–Trinajstić information content (AvgIpc) is 1.32. The van der Waals surface area contributed by atoms with Gasteiger partial charge in [-0.25, -0.2) is 9.13 Å². The van der Waals surface area contributed by atoms with Gasteiger partial charge < -0.3 is 33.8 Å². The summed E-state index contributed by atoms with van der Waals surface area (Å²) in [5.41, 5.74) is 0. The molecule has 0 fully saturated rings. The molecule has 0 spiro atoms. The fourth-order valence-electron chi connectivity index (χ4n) is 11.4. The van der Waals surface area contributed by atoms with E-state index in [-0.39, 0.29) is 25.7 Å². The predicted octanol–water partition coefficient (Wildman–Crippen LogP) is 21.7. The summed E-state index contributed by atoms with van der Waals surface area (Å²) in [7, 11) is -9.91. The van der Waals surface area contributed by atoms with Crippen LogP contribution in [0.4, 0.5) is 0 Å². The molecular weight excluding hydrogens is 1230 g/mol. The Morgan fingerprint density at radius 2 is 0.447 bits per heavy atom. The second kappa shape index (κ2) is 64.4. The molecule has 0 radical (unpaired) electrons. The van der Waals surface area contributed by atoms with Crippen molar-refractivity contribution >= 4 is 39.5 Å². The van der Waals surface area contributed by atoms with E-state index >= 15 is 0 Å². The van der Waals surface area contributed by atoms with Gasteiger partial charge in [0.05, 0.1) is 26.4 Å². The Balaban J connectivity index is 5.27. The summed E-state index contributed by atoms with van der Waals surface area (Å²) in [5, 5.41) is 10.6. The van der Waals surface area contributed by atoms with Crippen molar-refractivity contribution in [2.24, 2.45) is 23.7 Å². The minimum atomic E-state index is -4.96. The summed E-state index contributed by atoms with van der Waals surface area (Å²) >= 11 is 0. The first-order valence-corrected chi connectivity index (χ1v) is 41.7. The largest absolute Gasteiger partial charge is 0.472 e. The van der Waals surface area contributed by atoms with Crippen molar-refractivity contribution in [3.05, 3.63) is 0 Å². The van der Waals surface area contributed by atoms with Crippen molar-refractivity contribution in [3.63, 3.8) is 0 Å². The van der Waals surface area contributed by atoms with Gasteiger partial charge in [0.25, 0.3) is 0 Å². The molecule has 0 heterocycles. The number of hydrogen-bond acceptors (Lipinski definition) is 15. The average molecular weight is 1380 g/mol. The number of rotatable bonds is 72. The Morgan fingerprint density at radius 3 is 0.660 bits per heavy atom. The number of phosphoric acid groups is 2. The van der Waals surface area contributed by atoms with Crippen LogP contribution in [0.15, 0.2) is 0 Å². The molecule has 0 bridgehead atoms. The molecule has 0 aromatic rings. The van der Waals surface area contributed by atoms with Gasteiger partial charge in [0.1, 0.15) is 19.3 Å². The fourth-order valence-corrected chi connectivity index (χ4v) is 13.0. The highest BCUT2D eigenvalue weighted by Gasteiger charge is 2.30. The highest BCUT2D eigenvalue weighted by molar-refractivity contribution is 7.47. The van der Waals surface area contributed by atoms with Crippen LogP contribution >= 0.6 is 15.6 Å². The highest BCUT2D eigenvalue weighted by atomic mass is 31.2. The van der Waals surface area contributed by atoms with Crippen molar-refractivity contribution in [1.29, 1.82) is 0 Å². The van der Waals surface area contributed by atoms with E-state index in [0.717, 1.165) is 114 Å². The van der Waals surface area contributed by atoms with Crippen LogP contribution in [0, 0.1) is 23.7 Å². The molecule has 558 valence electrons. The van der Waals surface area contributed by atoms with E-state index in [1.54, 1.807) is 0 Å². The van der Waals surface area contributed by atoms with Crippen LogP contribution in [-0.4, -0.2) is 96.7 Å². The third-order valence-corrected chi connectivity index (χ3v) is 19.2. The molecule has 94 heavy (non-hydrogen) atoms. The minimum Gasteiger partial charge on any atom is -0.462 e. The molecule has 5 atom stereocenters. The maximum Gasteiger partial charge on any atom is 0.472 e. The lowest BCUT2D eigenvalue weighted by Gasteiger charge is -2.21. The molecule has 0 aliphatic heterocycles. The van der Waals surface area contributed by atoms with E-state index in [4.69, 9.17) is 37.0 Å². The van der Waals surface area contributed by atoms with Crippen LogP contribution in [0.3, 0.4) is 0 Å². The normalized spacial score (nSPS) is 14.2. The zero-order valence-electron chi connectivity index (χ0n) is 61.6. The van der Waals surface area contributed by atoms with Gasteiger partial charge in [-0.3, -0.25) is 37.3 Å². The van der Waals surface area contributed by atoms with Crippen LogP contribution < -0.4 is 0 Å². The number of esters is 4. The zero-order chi connectivity index (χ0) is 69.6. The number of ether oxygens (including phenoxy) is 4. The highest BCUT2D eigenvalue weighted by Crippen LogP contribution is 2.45. The first-order chi connectivity index (χ1) is 45.1. The second-order valence-electron chi connectivity index (χ2n) is 28.9. The quantitative estimate of drug-likeness (QED) is 0.0222. The predicted molar refractivity (Wildman–Crippen MR) is 381 cm³/mol. The molecule has 0 aromatic heterocycles. The summed E-state index contributed by atoms with van der Waals surface area (Å²) in [6.07, 6.45) is 48.5. The zero-order valence-corrected chi connectivity index (χ0v) is 63.4. The molecule has 0 saturated heterocycles. The van der Waals surface area contributed by atoms with Crippen LogP contribution in [0.2, 0.25) is 0 Å². The van der Waals surface area contributed by atoms with Crippen molar-refractivity contribution < 1.29 is 80.2 Å². The van der Waals surface area contributed by atoms with E-state index in [1.807, 2.05) is 0 Å². The Bertz CT molecular complexity index is 1850. The number of unbranched alkanes of at least 4 members (excludes halogenated alkanes) is 38. The number of carbonyl (C=O) groups is 4. The lowest BCUT2D eigenvalue weighted by molar-refractivity contribution is -0.161. The van der Waals surface area contributed by atoms with Gasteiger partial charge >= 0.3 is 39.5 Å². The van der Waals surface area contributed by atoms with Gasteiger partial charge in [-0.1, -0.05) is 325 Å². The molecule has 0 aliphatic carbocycles. The number of hydrogen-bond donors (Lipinski definition) is 3. The van der Waals surface area contributed by atoms with Crippen LogP contribution in [0.5, 0.6) is 0 Å². The SMILES string of the molecule is CC(C)CCCCCCCCCCCCCCCC(=O)O[C@H](COC(=O)CCCCCCCCCCCCC(C)C)COP(=O)(O)OC[C@@H](O)COP(=O)(O)OC[C@@H](COC(=O)CCCCCCCCCCCC(C)C)OC(=O)CCCCCCCCCCCCC(C)C. The van der Waals surface area contributed by atoms with E-state index in [2.05, 4.69) is 55.4 Å². The van der Waals surface area contributed by atoms with E-state index in [9.17, 15) is 43.2 Å². The summed E-state index contributed by atoms with van der Waals surface area (Å²) in [6.45, 7) is 14.2. The van der Waals surface area contributed by atoms with Gasteiger partial charge in [-0.05, 0) is 49.4 Å². The molecule has 0 amide bonds. The minimum absolute atomic E-state index is 0.105. The van der Waals surface area contributed by atoms with Gasteiger partial charge in [0, 0.05) is 25.7 Å². The standard InChI is InChI=1S/C75H146O17P2/c1-65(2)51-43-35-27-19-12-10-9-11-13-24-33-41-49-57-74(79)91-70(61-85-72(77)55-47-39-31-23-16-14-20-28-36-44-52-66(3)4)63-89-93(81,82)87-59-69(76)60-88-94(83,84)90-64-71(62-86-73(78)56-48-40-32-26-18-22-30-38-46-54-68(7)8)92-75(80)58-50-42-34-25-17-15-21-29-37-45-53-67(5)6/h65-71,76H,9-64H2,1-8H3,(H,81,82)(H,83,84)/t69-,70-,71-/m1/s1. The summed E-state index contributed by atoms with van der Waals surface area (Å²) in [6, 6.07) is 0. The topological polar surface area (TPSA) is 237 Å². The molecule has 2 unspecified atom stereocenters. The van der Waals surface area contributed by atoms with E-state index < -0.39 is 97.5 Å². The number of aliphatic hydroxyl groups excluding tert-OH is 1. The van der Waals surface area contributed by atoms with Crippen molar-refractivity contribution in [3.8, 4) is 0 Å². The second-order valence-corrected chi connectivity index (χ2v) is 31.9. The maximum atomic E-state index is 13.1. The van der Waals surface area contributed by atoms with Crippen molar-refractivity contribution in [1.82, 2.24) is 0 Å². The Kier molecular flexibility index (Phi) is 63.1. The molecule has 19 heteroatoms. The molecule has 3 N–H and O–H groups in total. The van der Waals surface area contributed by atoms with Crippen LogP contribution in [0.1, 0.15) is 376 Å². The third-order valence-electron chi connectivity index (χ3n) is 17.3. The lowest BCUT2D eigenvalue weighted by atomic mass is 10.0. The summed E-state index contributed by atoms with van der Waals surface area (Å²) in [4.78, 5) is 72.8. The van der Waals surface area contributed by atoms with E-state index in [1.165, 1.54) is 180 Å². The Hall–Kier alpha value is -1.94. The molecule has 17 nitrogen and oxygen atoms in total. The first-order valence-electron chi connectivity index (χ1n) is 38.7. The van der Waals surface area contributed by atoms with Gasteiger partial charge in [0.2, 0.25) is 0 Å². The number of aliphatic hydroxyl groups is 1.